The molecule has 2 fully saturated rings. The van der Waals surface area contributed by atoms with Gasteiger partial charge in [0.2, 0.25) is 5.95 Å². The van der Waals surface area contributed by atoms with Crippen LogP contribution >= 0.6 is 0 Å². The van der Waals surface area contributed by atoms with Gasteiger partial charge >= 0.3 is 0 Å². The number of nitrogens with one attached hydrogen (secondary N) is 1. The van der Waals surface area contributed by atoms with Gasteiger partial charge in [-0.2, -0.15) is 0 Å². The molecule has 0 spiro atoms. The summed E-state index contributed by atoms with van der Waals surface area (Å²) in [6.07, 6.45) is 3.51. The normalized spacial score (nSPS) is 25.5. The topological polar surface area (TPSA) is 50.3 Å². The van der Waals surface area contributed by atoms with Gasteiger partial charge in [0, 0.05) is 42.7 Å². The summed E-state index contributed by atoms with van der Waals surface area (Å²) in [7, 11) is 0. The molecule has 0 saturated carbocycles. The zero-order chi connectivity index (χ0) is 16.6. The summed E-state index contributed by atoms with van der Waals surface area (Å²) in [6.45, 7) is 7.40. The predicted octanol–water partition coefficient (Wildman–Crippen LogP) is 3.45. The molecule has 3 heterocycles. The van der Waals surface area contributed by atoms with E-state index in [-0.39, 0.29) is 5.60 Å². The molecule has 0 aliphatic carbocycles. The first-order valence-electron chi connectivity index (χ1n) is 8.71. The zero-order valence-corrected chi connectivity index (χ0v) is 14.4. The molecule has 2 bridgehead atoms. The van der Waals surface area contributed by atoms with E-state index in [1.807, 2.05) is 44.2 Å². The zero-order valence-electron chi connectivity index (χ0n) is 14.4. The molecule has 2 aromatic rings. The van der Waals surface area contributed by atoms with Crippen molar-refractivity contribution in [3.05, 3.63) is 41.7 Å². The first-order valence-corrected chi connectivity index (χ1v) is 8.71. The molecule has 2 atom stereocenters. The van der Waals surface area contributed by atoms with Crippen molar-refractivity contribution in [3.8, 4) is 5.75 Å². The minimum absolute atomic E-state index is 0.00724. The number of fused-ring (bicyclic) bond motifs is 2. The van der Waals surface area contributed by atoms with Gasteiger partial charge in [-0.05, 0) is 51.4 Å². The van der Waals surface area contributed by atoms with Crippen LogP contribution in [-0.4, -0.2) is 40.1 Å². The van der Waals surface area contributed by atoms with Crippen molar-refractivity contribution in [1.82, 2.24) is 14.9 Å². The van der Waals surface area contributed by atoms with E-state index in [2.05, 4.69) is 20.2 Å². The maximum Gasteiger partial charge on any atom is 0.227 e. The molecule has 24 heavy (non-hydrogen) atoms. The third-order valence-corrected chi connectivity index (χ3v) is 4.91. The van der Waals surface area contributed by atoms with Crippen molar-refractivity contribution in [1.29, 1.82) is 0 Å². The number of aromatic nitrogens is 2. The summed E-state index contributed by atoms with van der Waals surface area (Å²) in [5.74, 6) is 1.56. The summed E-state index contributed by atoms with van der Waals surface area (Å²) >= 11 is 0. The number of ether oxygens (including phenoxy) is 1. The van der Waals surface area contributed by atoms with Gasteiger partial charge in [0.05, 0.1) is 0 Å². The van der Waals surface area contributed by atoms with Crippen molar-refractivity contribution >= 4 is 11.6 Å². The van der Waals surface area contributed by atoms with E-state index in [0.717, 1.165) is 48.8 Å². The number of rotatable bonds is 4. The number of benzene rings is 1. The van der Waals surface area contributed by atoms with Crippen molar-refractivity contribution in [2.24, 2.45) is 0 Å². The Morgan fingerprint density at radius 3 is 2.75 bits per heavy atom. The second-order valence-electron chi connectivity index (χ2n) is 7.04. The molecule has 1 N–H and O–H groups in total. The molecular weight excluding hydrogens is 300 g/mol. The van der Waals surface area contributed by atoms with Crippen LogP contribution in [0.3, 0.4) is 0 Å². The van der Waals surface area contributed by atoms with Gasteiger partial charge in [0.25, 0.3) is 0 Å². The SMILES string of the molecule is Cc1cc(C)nc(Nc2cccc(OC34CCCN(CC3)C4)c2)n1. The van der Waals surface area contributed by atoms with Gasteiger partial charge in [0.15, 0.2) is 0 Å². The first kappa shape index (κ1) is 15.4. The Balaban J connectivity index is 1.51. The lowest BCUT2D eigenvalue weighted by Crippen LogP contribution is -2.43. The van der Waals surface area contributed by atoms with Gasteiger partial charge in [-0.15, -0.1) is 0 Å². The minimum atomic E-state index is 0.00724. The molecule has 2 unspecified atom stereocenters. The molecule has 5 nitrogen and oxygen atoms in total. The second-order valence-corrected chi connectivity index (χ2v) is 7.04. The van der Waals surface area contributed by atoms with Crippen LogP contribution in [0.15, 0.2) is 30.3 Å². The molecule has 126 valence electrons. The Morgan fingerprint density at radius 1 is 1.08 bits per heavy atom. The summed E-state index contributed by atoms with van der Waals surface area (Å²) in [6, 6.07) is 10.1. The summed E-state index contributed by atoms with van der Waals surface area (Å²) in [5.41, 5.74) is 2.89. The average molecular weight is 324 g/mol. The summed E-state index contributed by atoms with van der Waals surface area (Å²) in [4.78, 5) is 11.4. The van der Waals surface area contributed by atoms with Crippen molar-refractivity contribution in [2.45, 2.75) is 38.7 Å². The fourth-order valence-corrected chi connectivity index (χ4v) is 3.88. The number of piperidine rings is 1. The van der Waals surface area contributed by atoms with Crippen LogP contribution < -0.4 is 10.1 Å². The predicted molar refractivity (Wildman–Crippen MR) is 94.9 cm³/mol. The number of aryl methyl sites for hydroxylation is 2. The smallest absolute Gasteiger partial charge is 0.227 e. The lowest BCUT2D eigenvalue weighted by Gasteiger charge is -2.34. The van der Waals surface area contributed by atoms with E-state index < -0.39 is 0 Å². The minimum Gasteiger partial charge on any atom is -0.486 e. The third kappa shape index (κ3) is 3.22. The Kier molecular flexibility index (Phi) is 3.88. The van der Waals surface area contributed by atoms with Crippen LogP contribution in [0.1, 0.15) is 30.7 Å². The molecule has 2 aliphatic rings. The second kappa shape index (κ2) is 6.06. The highest BCUT2D eigenvalue weighted by Crippen LogP contribution is 2.36. The fourth-order valence-electron chi connectivity index (χ4n) is 3.88. The van der Waals surface area contributed by atoms with Gasteiger partial charge in [0.1, 0.15) is 11.4 Å². The van der Waals surface area contributed by atoms with Gasteiger partial charge in [-0.25, -0.2) is 9.97 Å². The highest BCUT2D eigenvalue weighted by molar-refractivity contribution is 5.56. The Bertz CT molecular complexity index is 724. The van der Waals surface area contributed by atoms with Crippen molar-refractivity contribution in [3.63, 3.8) is 0 Å². The van der Waals surface area contributed by atoms with E-state index >= 15 is 0 Å². The van der Waals surface area contributed by atoms with Crippen LogP contribution in [0.5, 0.6) is 5.75 Å². The first-order chi connectivity index (χ1) is 11.6. The monoisotopic (exact) mass is 324 g/mol. The van der Waals surface area contributed by atoms with Crippen LogP contribution in [0.4, 0.5) is 11.6 Å². The molecule has 5 heteroatoms. The van der Waals surface area contributed by atoms with E-state index in [4.69, 9.17) is 4.74 Å². The van der Waals surface area contributed by atoms with E-state index in [1.165, 1.54) is 13.0 Å². The average Bonchev–Trinajstić information content (AvgIpc) is 2.80. The largest absolute Gasteiger partial charge is 0.486 e. The van der Waals surface area contributed by atoms with Crippen molar-refractivity contribution in [2.75, 3.05) is 25.0 Å². The molecule has 1 aromatic heterocycles. The standard InChI is InChI=1S/C19H24N4O/c1-14-11-15(2)21-18(20-14)22-16-5-3-6-17(12-16)24-19-7-4-9-23(13-19)10-8-19/h3,5-6,11-12H,4,7-10,13H2,1-2H3,(H,20,21,22). The van der Waals surface area contributed by atoms with Gasteiger partial charge < -0.3 is 10.1 Å². The van der Waals surface area contributed by atoms with Gasteiger partial charge in [-0.1, -0.05) is 6.07 Å². The summed E-state index contributed by atoms with van der Waals surface area (Å²) < 4.78 is 6.44. The lowest BCUT2D eigenvalue weighted by atomic mass is 9.94. The molecule has 0 radical (unpaired) electrons. The Morgan fingerprint density at radius 2 is 1.92 bits per heavy atom. The molecule has 0 amide bonds. The molecular formula is C19H24N4O. The maximum absolute atomic E-state index is 6.44. The number of anilines is 2. The summed E-state index contributed by atoms with van der Waals surface area (Å²) in [5, 5.41) is 3.29. The van der Waals surface area contributed by atoms with E-state index in [0.29, 0.717) is 5.95 Å². The molecule has 2 aliphatic heterocycles. The number of nitrogens with zero attached hydrogens (tertiary/aromatic N) is 3. The molecule has 4 rings (SSSR count). The fraction of sp³-hybridized carbons (Fsp3) is 0.474. The molecule has 1 aromatic carbocycles. The van der Waals surface area contributed by atoms with Crippen LogP contribution in [0, 0.1) is 13.8 Å². The quantitative estimate of drug-likeness (QED) is 0.933. The Hall–Kier alpha value is -2.14. The lowest BCUT2D eigenvalue weighted by molar-refractivity contribution is 0.0453. The van der Waals surface area contributed by atoms with Crippen LogP contribution in [0.2, 0.25) is 0 Å². The number of hydrogen-bond acceptors (Lipinski definition) is 5. The van der Waals surface area contributed by atoms with Crippen LogP contribution in [-0.2, 0) is 0 Å². The van der Waals surface area contributed by atoms with Crippen molar-refractivity contribution < 1.29 is 4.74 Å². The van der Waals surface area contributed by atoms with Crippen LogP contribution in [0.25, 0.3) is 0 Å². The maximum atomic E-state index is 6.44. The third-order valence-electron chi connectivity index (χ3n) is 4.91. The highest BCUT2D eigenvalue weighted by atomic mass is 16.5. The molecule has 2 saturated heterocycles. The van der Waals surface area contributed by atoms with E-state index in [9.17, 15) is 0 Å². The van der Waals surface area contributed by atoms with Gasteiger partial charge in [-0.3, -0.25) is 4.90 Å². The number of hydrogen-bond donors (Lipinski definition) is 1. The Labute approximate surface area is 143 Å². The van der Waals surface area contributed by atoms with E-state index in [1.54, 1.807) is 0 Å². The highest BCUT2D eigenvalue weighted by Gasteiger charge is 2.42.